The monoisotopic (exact) mass is 343 g/mol. The van der Waals surface area contributed by atoms with E-state index in [9.17, 15) is 4.79 Å². The van der Waals surface area contributed by atoms with Crippen molar-refractivity contribution in [2.75, 3.05) is 11.2 Å². The number of hydrazine groups is 1. The summed E-state index contributed by atoms with van der Waals surface area (Å²) in [6, 6.07) is 16.0. The van der Waals surface area contributed by atoms with Crippen LogP contribution in [-0.2, 0) is 11.2 Å². The number of thioether (sulfide) groups is 1. The summed E-state index contributed by atoms with van der Waals surface area (Å²) in [5, 5.41) is 0.707. The highest BCUT2D eigenvalue weighted by Crippen LogP contribution is 2.28. The molecule has 6 heteroatoms. The molecule has 1 aromatic heterocycles. The van der Waals surface area contributed by atoms with Crippen molar-refractivity contribution in [3.8, 4) is 0 Å². The van der Waals surface area contributed by atoms with Gasteiger partial charge in [0.15, 0.2) is 0 Å². The molecule has 4 nitrogen and oxygen atoms in total. The maximum absolute atomic E-state index is 11.9. The molecule has 0 aliphatic rings. The van der Waals surface area contributed by atoms with Gasteiger partial charge in [-0.05, 0) is 30.2 Å². The van der Waals surface area contributed by atoms with E-state index in [1.54, 1.807) is 0 Å². The molecule has 0 radical (unpaired) electrons. The number of thiazole rings is 1. The Kier molecular flexibility index (Phi) is 5.15. The second kappa shape index (κ2) is 7.48. The third kappa shape index (κ3) is 4.03. The zero-order valence-electron chi connectivity index (χ0n) is 12.7. The quantitative estimate of drug-likeness (QED) is 0.523. The number of aryl methyl sites for hydroxylation is 1. The largest absolute Gasteiger partial charge is 0.273 e. The summed E-state index contributed by atoms with van der Waals surface area (Å²) in [5.74, 6) is 0.288. The molecule has 0 saturated heterocycles. The van der Waals surface area contributed by atoms with E-state index in [4.69, 9.17) is 0 Å². The van der Waals surface area contributed by atoms with Crippen LogP contribution in [0.2, 0.25) is 0 Å². The Labute approximate surface area is 143 Å². The van der Waals surface area contributed by atoms with E-state index in [1.165, 1.54) is 28.7 Å². The number of rotatable bonds is 6. The summed E-state index contributed by atoms with van der Waals surface area (Å²) in [6.45, 7) is 2.11. The van der Waals surface area contributed by atoms with Crippen LogP contribution in [0.3, 0.4) is 0 Å². The topological polar surface area (TPSA) is 54.0 Å². The van der Waals surface area contributed by atoms with Gasteiger partial charge in [-0.1, -0.05) is 48.6 Å². The molecular formula is C17H17N3OS2. The summed E-state index contributed by atoms with van der Waals surface area (Å²) in [7, 11) is 0. The highest BCUT2D eigenvalue weighted by molar-refractivity contribution is 8.00. The minimum atomic E-state index is -0.0752. The van der Waals surface area contributed by atoms with Crippen molar-refractivity contribution in [3.63, 3.8) is 0 Å². The maximum Gasteiger partial charge on any atom is 0.248 e. The molecule has 23 heavy (non-hydrogen) atoms. The Morgan fingerprint density at radius 1 is 1.17 bits per heavy atom. The van der Waals surface area contributed by atoms with Crippen molar-refractivity contribution in [3.05, 3.63) is 54.1 Å². The molecule has 3 aromatic rings. The fraction of sp³-hybridized carbons (Fsp3) is 0.176. The zero-order valence-corrected chi connectivity index (χ0v) is 14.3. The molecule has 0 aliphatic heterocycles. The molecule has 2 aromatic carbocycles. The van der Waals surface area contributed by atoms with Gasteiger partial charge < -0.3 is 0 Å². The smallest absolute Gasteiger partial charge is 0.248 e. The van der Waals surface area contributed by atoms with Gasteiger partial charge in [-0.25, -0.2) is 4.98 Å². The average Bonchev–Trinajstić information content (AvgIpc) is 3.02. The van der Waals surface area contributed by atoms with E-state index in [2.05, 4.69) is 28.8 Å². The molecule has 0 bridgehead atoms. The minimum Gasteiger partial charge on any atom is -0.273 e. The number of para-hydroxylation sites is 1. The second-order valence-electron chi connectivity index (χ2n) is 4.91. The predicted octanol–water partition coefficient (Wildman–Crippen LogP) is 4.09. The zero-order chi connectivity index (χ0) is 16.1. The highest BCUT2D eigenvalue weighted by atomic mass is 32.2. The standard InChI is InChI=1S/C17H17N3OS2/c1-2-12-7-6-10-14-16(12)18-17(23-14)20-19-15(21)11-22-13-8-4-3-5-9-13/h3-10H,2,11H2,1H3,(H,18,20)(H,19,21). The number of benzene rings is 2. The van der Waals surface area contributed by atoms with Crippen molar-refractivity contribution >= 4 is 44.4 Å². The van der Waals surface area contributed by atoms with E-state index in [0.717, 1.165) is 21.5 Å². The summed E-state index contributed by atoms with van der Waals surface area (Å²) in [5.41, 5.74) is 7.85. The van der Waals surface area contributed by atoms with Crippen molar-refractivity contribution in [1.29, 1.82) is 0 Å². The Morgan fingerprint density at radius 2 is 2.00 bits per heavy atom. The first kappa shape index (κ1) is 15.8. The average molecular weight is 343 g/mol. The maximum atomic E-state index is 11.9. The fourth-order valence-electron chi connectivity index (χ4n) is 2.17. The number of anilines is 1. The van der Waals surface area contributed by atoms with Crippen LogP contribution < -0.4 is 10.9 Å². The van der Waals surface area contributed by atoms with Crippen LogP contribution in [0.25, 0.3) is 10.2 Å². The van der Waals surface area contributed by atoms with Crippen LogP contribution in [0.4, 0.5) is 5.13 Å². The Balaban J connectivity index is 1.56. The van der Waals surface area contributed by atoms with Crippen molar-refractivity contribution in [2.24, 2.45) is 0 Å². The van der Waals surface area contributed by atoms with E-state index in [0.29, 0.717) is 10.9 Å². The van der Waals surface area contributed by atoms with Gasteiger partial charge >= 0.3 is 0 Å². The molecule has 0 spiro atoms. The Morgan fingerprint density at radius 3 is 2.78 bits per heavy atom. The van der Waals surface area contributed by atoms with Crippen molar-refractivity contribution in [2.45, 2.75) is 18.2 Å². The molecule has 3 rings (SSSR count). The lowest BCUT2D eigenvalue weighted by atomic mass is 10.1. The van der Waals surface area contributed by atoms with Crippen molar-refractivity contribution < 1.29 is 4.79 Å². The normalized spacial score (nSPS) is 10.7. The minimum absolute atomic E-state index is 0.0752. The van der Waals surface area contributed by atoms with Gasteiger partial charge in [0.25, 0.3) is 0 Å². The number of nitrogens with zero attached hydrogens (tertiary/aromatic N) is 1. The predicted molar refractivity (Wildman–Crippen MR) is 97.9 cm³/mol. The van der Waals surface area contributed by atoms with Crippen LogP contribution >= 0.6 is 23.1 Å². The van der Waals surface area contributed by atoms with Gasteiger partial charge in [0.05, 0.1) is 16.0 Å². The fourth-order valence-corrected chi connectivity index (χ4v) is 3.76. The molecule has 0 fully saturated rings. The molecule has 1 amide bonds. The molecule has 1 heterocycles. The van der Waals surface area contributed by atoms with Gasteiger partial charge in [-0.15, -0.1) is 11.8 Å². The lowest BCUT2D eigenvalue weighted by Gasteiger charge is -2.05. The van der Waals surface area contributed by atoms with E-state index in [-0.39, 0.29) is 5.91 Å². The first-order chi connectivity index (χ1) is 11.3. The molecule has 0 aliphatic carbocycles. The molecule has 0 saturated carbocycles. The Hall–Kier alpha value is -2.05. The number of hydrogen-bond donors (Lipinski definition) is 2. The second-order valence-corrected chi connectivity index (χ2v) is 6.99. The highest BCUT2D eigenvalue weighted by Gasteiger charge is 2.08. The number of nitrogens with one attached hydrogen (secondary N) is 2. The van der Waals surface area contributed by atoms with Crippen LogP contribution in [0.1, 0.15) is 12.5 Å². The SMILES string of the molecule is CCc1cccc2sc(NNC(=O)CSc3ccccc3)nc12. The number of fused-ring (bicyclic) bond motifs is 1. The molecule has 118 valence electrons. The lowest BCUT2D eigenvalue weighted by Crippen LogP contribution is -2.30. The van der Waals surface area contributed by atoms with Crippen LogP contribution in [-0.4, -0.2) is 16.6 Å². The molecular weight excluding hydrogens is 326 g/mol. The van der Waals surface area contributed by atoms with E-state index in [1.807, 2.05) is 42.5 Å². The first-order valence-corrected chi connectivity index (χ1v) is 9.17. The van der Waals surface area contributed by atoms with Gasteiger partial charge in [-0.3, -0.25) is 15.6 Å². The van der Waals surface area contributed by atoms with Gasteiger partial charge in [0.1, 0.15) is 0 Å². The van der Waals surface area contributed by atoms with Crippen LogP contribution in [0, 0.1) is 0 Å². The third-order valence-corrected chi connectivity index (χ3v) is 5.25. The van der Waals surface area contributed by atoms with Gasteiger partial charge in [-0.2, -0.15) is 0 Å². The lowest BCUT2D eigenvalue weighted by molar-refractivity contribution is -0.118. The number of carbonyl (C=O) groups excluding carboxylic acids is 1. The molecule has 0 atom stereocenters. The number of carbonyl (C=O) groups is 1. The summed E-state index contributed by atoms with van der Waals surface area (Å²) in [4.78, 5) is 17.5. The summed E-state index contributed by atoms with van der Waals surface area (Å²) >= 11 is 3.05. The van der Waals surface area contributed by atoms with Gasteiger partial charge in [0, 0.05) is 4.90 Å². The van der Waals surface area contributed by atoms with E-state index >= 15 is 0 Å². The summed E-state index contributed by atoms with van der Waals surface area (Å²) in [6.07, 6.45) is 0.945. The van der Waals surface area contributed by atoms with Crippen LogP contribution in [0.15, 0.2) is 53.4 Å². The Bertz CT molecular complexity index is 802. The molecule has 0 unspecified atom stereocenters. The number of amides is 1. The van der Waals surface area contributed by atoms with Gasteiger partial charge in [0.2, 0.25) is 11.0 Å². The first-order valence-electron chi connectivity index (χ1n) is 7.37. The third-order valence-electron chi connectivity index (χ3n) is 3.31. The summed E-state index contributed by atoms with van der Waals surface area (Å²) < 4.78 is 1.12. The number of hydrogen-bond acceptors (Lipinski definition) is 5. The molecule has 2 N–H and O–H groups in total. The number of aromatic nitrogens is 1. The van der Waals surface area contributed by atoms with Crippen molar-refractivity contribution in [1.82, 2.24) is 10.4 Å². The van der Waals surface area contributed by atoms with Crippen LogP contribution in [0.5, 0.6) is 0 Å². The van der Waals surface area contributed by atoms with E-state index < -0.39 is 0 Å².